The Balaban J connectivity index is 3.32. The molecule has 0 amide bonds. The number of nitrogens with two attached hydrogens (primary N) is 1. The second-order valence-corrected chi connectivity index (χ2v) is 4.44. The molecule has 0 aliphatic heterocycles. The molecule has 0 aliphatic rings. The molecule has 1 unspecified atom stereocenters. The molecule has 16 heavy (non-hydrogen) atoms. The molecule has 0 saturated heterocycles. The lowest BCUT2D eigenvalue weighted by atomic mass is 9.97. The van der Waals surface area contributed by atoms with Crippen molar-refractivity contribution >= 4 is 15.9 Å². The molecule has 5 heteroatoms. The molecule has 1 rings (SSSR count). The van der Waals surface area contributed by atoms with Crippen LogP contribution in [0.25, 0.3) is 0 Å². The van der Waals surface area contributed by atoms with Crippen molar-refractivity contribution in [1.29, 1.82) is 0 Å². The lowest BCUT2D eigenvalue weighted by Crippen LogP contribution is -2.27. The minimum atomic E-state index is -1.60. The highest BCUT2D eigenvalue weighted by Gasteiger charge is 2.28. The maximum absolute atomic E-state index is 14.1. The molecule has 0 bridgehead atoms. The first-order valence-electron chi connectivity index (χ1n) is 4.77. The van der Waals surface area contributed by atoms with Gasteiger partial charge >= 0.3 is 0 Å². The Labute approximate surface area is 103 Å². The minimum absolute atomic E-state index is 0.0961. The van der Waals surface area contributed by atoms with Crippen LogP contribution in [0.2, 0.25) is 0 Å². The first-order chi connectivity index (χ1) is 7.46. The molecule has 1 aromatic carbocycles. The van der Waals surface area contributed by atoms with Gasteiger partial charge < -0.3 is 15.2 Å². The van der Waals surface area contributed by atoms with Gasteiger partial charge in [0.2, 0.25) is 0 Å². The largest absolute Gasteiger partial charge is 0.493 e. The fourth-order valence-electron chi connectivity index (χ4n) is 1.36. The van der Waals surface area contributed by atoms with Gasteiger partial charge in [-0.3, -0.25) is 0 Å². The van der Waals surface area contributed by atoms with Gasteiger partial charge in [-0.05, 0) is 19.1 Å². The maximum atomic E-state index is 14.1. The van der Waals surface area contributed by atoms with Crippen LogP contribution in [0.4, 0.5) is 4.39 Å². The van der Waals surface area contributed by atoms with Crippen LogP contribution in [0, 0.1) is 0 Å². The summed E-state index contributed by atoms with van der Waals surface area (Å²) in [5.41, 5.74) is 4.25. The third-order valence-electron chi connectivity index (χ3n) is 2.42. The van der Waals surface area contributed by atoms with E-state index in [0.29, 0.717) is 21.5 Å². The first kappa shape index (κ1) is 13.3. The summed E-state index contributed by atoms with van der Waals surface area (Å²) in [6.45, 7) is 1.33. The summed E-state index contributed by atoms with van der Waals surface area (Å²) < 4.78 is 25.0. The van der Waals surface area contributed by atoms with Crippen LogP contribution in [0.3, 0.4) is 0 Å². The number of hydrogen-bond acceptors (Lipinski definition) is 3. The van der Waals surface area contributed by atoms with Crippen molar-refractivity contribution in [2.45, 2.75) is 12.6 Å². The lowest BCUT2D eigenvalue weighted by molar-refractivity contribution is 0.201. The summed E-state index contributed by atoms with van der Waals surface area (Å²) in [7, 11) is 3.04. The summed E-state index contributed by atoms with van der Waals surface area (Å²) in [4.78, 5) is 0. The van der Waals surface area contributed by atoms with Crippen LogP contribution in [0.5, 0.6) is 11.5 Å². The molecule has 1 atom stereocenters. The summed E-state index contributed by atoms with van der Waals surface area (Å²) >= 11 is 3.30. The molecule has 0 aliphatic carbocycles. The van der Waals surface area contributed by atoms with Crippen molar-refractivity contribution in [3.05, 3.63) is 22.2 Å². The number of methoxy groups -OCH3 is 2. The van der Waals surface area contributed by atoms with E-state index in [1.165, 1.54) is 21.1 Å². The summed E-state index contributed by atoms with van der Waals surface area (Å²) in [5.74, 6) is 1.03. The van der Waals surface area contributed by atoms with E-state index in [4.69, 9.17) is 15.2 Å². The fourth-order valence-corrected chi connectivity index (χ4v) is 2.10. The molecule has 1 aromatic rings. The van der Waals surface area contributed by atoms with Gasteiger partial charge in [0, 0.05) is 16.6 Å². The zero-order chi connectivity index (χ0) is 12.3. The normalized spacial score (nSPS) is 14.4. The number of ether oxygens (including phenoxy) is 2. The van der Waals surface area contributed by atoms with Crippen molar-refractivity contribution in [3.8, 4) is 11.5 Å². The second-order valence-electron chi connectivity index (χ2n) is 3.59. The summed E-state index contributed by atoms with van der Waals surface area (Å²) in [6.07, 6.45) is 0. The standard InChI is InChI=1S/C11H15BrFNO2/c1-11(13,6-14)7-4-9(15-2)10(16-3)5-8(7)12/h4-5H,6,14H2,1-3H3. The van der Waals surface area contributed by atoms with Crippen molar-refractivity contribution in [1.82, 2.24) is 0 Å². The number of alkyl halides is 1. The predicted molar refractivity (Wildman–Crippen MR) is 64.8 cm³/mol. The Morgan fingerprint density at radius 3 is 2.25 bits per heavy atom. The maximum Gasteiger partial charge on any atom is 0.161 e. The monoisotopic (exact) mass is 291 g/mol. The predicted octanol–water partition coefficient (Wildman–Crippen LogP) is 2.61. The van der Waals surface area contributed by atoms with Crippen LogP contribution >= 0.6 is 15.9 Å². The topological polar surface area (TPSA) is 44.5 Å². The fraction of sp³-hybridized carbons (Fsp3) is 0.455. The van der Waals surface area contributed by atoms with E-state index in [1.54, 1.807) is 12.1 Å². The number of halogens is 2. The van der Waals surface area contributed by atoms with Gasteiger partial charge in [-0.15, -0.1) is 0 Å². The van der Waals surface area contributed by atoms with E-state index in [9.17, 15) is 4.39 Å². The third kappa shape index (κ3) is 2.47. The van der Waals surface area contributed by atoms with Gasteiger partial charge in [0.05, 0.1) is 14.2 Å². The van der Waals surface area contributed by atoms with Crippen molar-refractivity contribution < 1.29 is 13.9 Å². The van der Waals surface area contributed by atoms with Crippen LogP contribution in [0.15, 0.2) is 16.6 Å². The lowest BCUT2D eigenvalue weighted by Gasteiger charge is -2.21. The molecule has 0 aromatic heterocycles. The van der Waals surface area contributed by atoms with Gasteiger partial charge in [0.1, 0.15) is 5.67 Å². The van der Waals surface area contributed by atoms with Crippen molar-refractivity contribution in [2.75, 3.05) is 20.8 Å². The van der Waals surface area contributed by atoms with Crippen LogP contribution in [-0.2, 0) is 5.67 Å². The minimum Gasteiger partial charge on any atom is -0.493 e. The van der Waals surface area contributed by atoms with Crippen molar-refractivity contribution in [3.63, 3.8) is 0 Å². The molecular formula is C11H15BrFNO2. The van der Waals surface area contributed by atoms with E-state index >= 15 is 0 Å². The highest BCUT2D eigenvalue weighted by molar-refractivity contribution is 9.10. The van der Waals surface area contributed by atoms with Crippen LogP contribution in [-0.4, -0.2) is 20.8 Å². The number of hydrogen-bond donors (Lipinski definition) is 1. The number of benzene rings is 1. The summed E-state index contributed by atoms with van der Waals surface area (Å²) in [5, 5.41) is 0. The highest BCUT2D eigenvalue weighted by Crippen LogP contribution is 2.39. The molecular weight excluding hydrogens is 277 g/mol. The average molecular weight is 292 g/mol. The molecule has 90 valence electrons. The quantitative estimate of drug-likeness (QED) is 0.927. The van der Waals surface area contributed by atoms with Crippen LogP contribution < -0.4 is 15.2 Å². The molecule has 0 spiro atoms. The third-order valence-corrected chi connectivity index (χ3v) is 3.07. The van der Waals surface area contributed by atoms with E-state index in [1.807, 2.05) is 0 Å². The molecule has 0 heterocycles. The van der Waals surface area contributed by atoms with E-state index in [2.05, 4.69) is 15.9 Å². The molecule has 3 nitrogen and oxygen atoms in total. The Morgan fingerprint density at radius 2 is 1.81 bits per heavy atom. The van der Waals surface area contributed by atoms with E-state index in [0.717, 1.165) is 0 Å². The van der Waals surface area contributed by atoms with E-state index in [-0.39, 0.29) is 6.54 Å². The van der Waals surface area contributed by atoms with Gasteiger partial charge in [-0.25, -0.2) is 4.39 Å². The second kappa shape index (κ2) is 5.01. The zero-order valence-corrected chi connectivity index (χ0v) is 11.1. The molecule has 0 saturated carbocycles. The molecule has 0 radical (unpaired) electrons. The Bertz CT molecular complexity index is 382. The van der Waals surface area contributed by atoms with Gasteiger partial charge in [-0.1, -0.05) is 15.9 Å². The Kier molecular flexibility index (Phi) is 4.15. The van der Waals surface area contributed by atoms with Gasteiger partial charge in [0.25, 0.3) is 0 Å². The zero-order valence-electron chi connectivity index (χ0n) is 9.51. The average Bonchev–Trinajstić information content (AvgIpc) is 2.28. The van der Waals surface area contributed by atoms with Gasteiger partial charge in [0.15, 0.2) is 11.5 Å². The Morgan fingerprint density at radius 1 is 1.31 bits per heavy atom. The first-order valence-corrected chi connectivity index (χ1v) is 5.56. The number of rotatable bonds is 4. The van der Waals surface area contributed by atoms with Crippen molar-refractivity contribution in [2.24, 2.45) is 5.73 Å². The van der Waals surface area contributed by atoms with Gasteiger partial charge in [-0.2, -0.15) is 0 Å². The molecule has 2 N–H and O–H groups in total. The Hall–Kier alpha value is -0.810. The smallest absolute Gasteiger partial charge is 0.161 e. The highest BCUT2D eigenvalue weighted by atomic mass is 79.9. The van der Waals surface area contributed by atoms with E-state index < -0.39 is 5.67 Å². The SMILES string of the molecule is COc1cc(Br)c(C(C)(F)CN)cc1OC. The summed E-state index contributed by atoms with van der Waals surface area (Å²) in [6, 6.07) is 3.26. The van der Waals surface area contributed by atoms with Crippen LogP contribution in [0.1, 0.15) is 12.5 Å². The molecule has 0 fully saturated rings.